The molecule has 1 aromatic heterocycles. The lowest BCUT2D eigenvalue weighted by atomic mass is 10.1. The number of halogens is 1. The topological polar surface area (TPSA) is 71.1 Å². The van der Waals surface area contributed by atoms with Crippen molar-refractivity contribution in [1.82, 2.24) is 10.3 Å². The maximum absolute atomic E-state index is 13.9. The van der Waals surface area contributed by atoms with E-state index in [1.165, 1.54) is 31.5 Å². The standard InChI is InChI=1S/C14H16FN3O2S/c1-10-13(15)6-11(8-16-2)7-14(10)21(19,20)18-12-4-3-5-17-9-12/h3-7,9,16,18H,8H2,1-2H3. The van der Waals surface area contributed by atoms with Gasteiger partial charge in [-0.25, -0.2) is 12.8 Å². The normalized spacial score (nSPS) is 11.4. The highest BCUT2D eigenvalue weighted by molar-refractivity contribution is 7.92. The van der Waals surface area contributed by atoms with E-state index in [1.54, 1.807) is 19.2 Å². The average molecular weight is 309 g/mol. The van der Waals surface area contributed by atoms with Crippen LogP contribution in [0.4, 0.5) is 10.1 Å². The minimum absolute atomic E-state index is 0.0726. The van der Waals surface area contributed by atoms with Gasteiger partial charge in [0, 0.05) is 18.3 Å². The fraction of sp³-hybridized carbons (Fsp3) is 0.214. The lowest BCUT2D eigenvalue weighted by molar-refractivity contribution is 0.588. The molecular weight excluding hydrogens is 293 g/mol. The lowest BCUT2D eigenvalue weighted by Gasteiger charge is -2.12. The van der Waals surface area contributed by atoms with Crippen molar-refractivity contribution < 1.29 is 12.8 Å². The Morgan fingerprint density at radius 3 is 2.71 bits per heavy atom. The minimum atomic E-state index is -3.87. The van der Waals surface area contributed by atoms with Gasteiger partial charge in [-0.2, -0.15) is 0 Å². The van der Waals surface area contributed by atoms with Crippen LogP contribution < -0.4 is 10.0 Å². The first-order chi connectivity index (χ1) is 9.94. The van der Waals surface area contributed by atoms with Gasteiger partial charge in [-0.1, -0.05) is 0 Å². The molecule has 2 aromatic rings. The summed E-state index contributed by atoms with van der Waals surface area (Å²) in [5.74, 6) is -0.547. The van der Waals surface area contributed by atoms with E-state index in [9.17, 15) is 12.8 Å². The van der Waals surface area contributed by atoms with Gasteiger partial charge in [0.2, 0.25) is 0 Å². The highest BCUT2D eigenvalue weighted by atomic mass is 32.2. The van der Waals surface area contributed by atoms with Crippen molar-refractivity contribution in [3.05, 3.63) is 53.6 Å². The highest BCUT2D eigenvalue weighted by Crippen LogP contribution is 2.23. The summed E-state index contributed by atoms with van der Waals surface area (Å²) in [5.41, 5.74) is 0.981. The third-order valence-electron chi connectivity index (χ3n) is 2.94. The predicted octanol–water partition coefficient (Wildman–Crippen LogP) is 2.05. The van der Waals surface area contributed by atoms with Gasteiger partial charge in [-0.05, 0) is 43.8 Å². The first-order valence-corrected chi connectivity index (χ1v) is 7.79. The molecule has 0 bridgehead atoms. The summed E-state index contributed by atoms with van der Waals surface area (Å²) in [4.78, 5) is 3.77. The second-order valence-electron chi connectivity index (χ2n) is 4.58. The number of aromatic nitrogens is 1. The summed E-state index contributed by atoms with van der Waals surface area (Å²) in [6.07, 6.45) is 2.93. The first kappa shape index (κ1) is 15.4. The molecule has 0 spiro atoms. The fourth-order valence-corrected chi connectivity index (χ4v) is 3.27. The van der Waals surface area contributed by atoms with Gasteiger partial charge < -0.3 is 5.32 Å². The second-order valence-corrected chi connectivity index (χ2v) is 6.23. The number of nitrogens with one attached hydrogen (secondary N) is 2. The molecular formula is C14H16FN3O2S. The van der Waals surface area contributed by atoms with E-state index < -0.39 is 15.8 Å². The Kier molecular flexibility index (Phi) is 4.54. The molecule has 21 heavy (non-hydrogen) atoms. The zero-order valence-corrected chi connectivity index (χ0v) is 12.5. The Bertz CT molecular complexity index is 733. The monoisotopic (exact) mass is 309 g/mol. The number of benzene rings is 1. The smallest absolute Gasteiger partial charge is 0.262 e. The van der Waals surface area contributed by atoms with Crippen LogP contribution in [0.1, 0.15) is 11.1 Å². The molecule has 0 atom stereocenters. The predicted molar refractivity (Wildman–Crippen MR) is 78.9 cm³/mol. The molecule has 0 fully saturated rings. The summed E-state index contributed by atoms with van der Waals surface area (Å²) < 4.78 is 41.1. The Hall–Kier alpha value is -1.99. The summed E-state index contributed by atoms with van der Waals surface area (Å²) in [6.45, 7) is 1.82. The van der Waals surface area contributed by atoms with Gasteiger partial charge in [0.15, 0.2) is 0 Å². The zero-order chi connectivity index (χ0) is 15.5. The Morgan fingerprint density at radius 1 is 1.33 bits per heavy atom. The van der Waals surface area contributed by atoms with E-state index in [-0.39, 0.29) is 10.5 Å². The quantitative estimate of drug-likeness (QED) is 0.887. The Labute approximate surface area is 123 Å². The van der Waals surface area contributed by atoms with E-state index in [1.807, 2.05) is 0 Å². The van der Waals surface area contributed by atoms with E-state index >= 15 is 0 Å². The van der Waals surface area contributed by atoms with Crippen molar-refractivity contribution in [2.24, 2.45) is 0 Å². The molecule has 2 N–H and O–H groups in total. The van der Waals surface area contributed by atoms with Crippen molar-refractivity contribution >= 4 is 15.7 Å². The van der Waals surface area contributed by atoms with E-state index in [4.69, 9.17) is 0 Å². The molecule has 0 aliphatic carbocycles. The number of pyridine rings is 1. The fourth-order valence-electron chi connectivity index (χ4n) is 1.93. The molecule has 7 heteroatoms. The summed E-state index contributed by atoms with van der Waals surface area (Å²) in [7, 11) is -2.16. The first-order valence-electron chi connectivity index (χ1n) is 6.30. The number of sulfonamides is 1. The summed E-state index contributed by atoms with van der Waals surface area (Å²) >= 11 is 0. The van der Waals surface area contributed by atoms with E-state index in [0.29, 0.717) is 17.8 Å². The summed E-state index contributed by atoms with van der Waals surface area (Å²) in [5, 5.41) is 2.87. The maximum Gasteiger partial charge on any atom is 0.262 e. The molecule has 0 aliphatic rings. The number of hydrogen-bond donors (Lipinski definition) is 2. The van der Waals surface area contributed by atoms with Gasteiger partial charge >= 0.3 is 0 Å². The molecule has 1 aromatic carbocycles. The van der Waals surface area contributed by atoms with Crippen LogP contribution in [0.3, 0.4) is 0 Å². The largest absolute Gasteiger partial charge is 0.316 e. The van der Waals surface area contributed by atoms with E-state index in [0.717, 1.165) is 0 Å². The SMILES string of the molecule is CNCc1cc(F)c(C)c(S(=O)(=O)Nc2cccnc2)c1. The molecule has 0 radical (unpaired) electrons. The molecule has 2 rings (SSSR count). The maximum atomic E-state index is 13.9. The van der Waals surface area contributed by atoms with Crippen LogP contribution in [-0.2, 0) is 16.6 Å². The second kappa shape index (κ2) is 6.19. The van der Waals surface area contributed by atoms with Gasteiger partial charge in [0.05, 0.1) is 16.8 Å². The molecule has 0 saturated heterocycles. The highest BCUT2D eigenvalue weighted by Gasteiger charge is 2.20. The van der Waals surface area contributed by atoms with Crippen LogP contribution in [0.2, 0.25) is 0 Å². The van der Waals surface area contributed by atoms with Crippen LogP contribution in [0.5, 0.6) is 0 Å². The number of hydrogen-bond acceptors (Lipinski definition) is 4. The molecule has 112 valence electrons. The number of nitrogens with zero attached hydrogens (tertiary/aromatic N) is 1. The Balaban J connectivity index is 2.44. The van der Waals surface area contributed by atoms with Crippen molar-refractivity contribution in [2.75, 3.05) is 11.8 Å². The van der Waals surface area contributed by atoms with Crippen LogP contribution in [0.15, 0.2) is 41.6 Å². The number of rotatable bonds is 5. The van der Waals surface area contributed by atoms with Crippen LogP contribution in [-0.4, -0.2) is 20.4 Å². The van der Waals surface area contributed by atoms with Gasteiger partial charge in [-0.3, -0.25) is 9.71 Å². The average Bonchev–Trinajstić information content (AvgIpc) is 2.43. The van der Waals surface area contributed by atoms with Crippen LogP contribution >= 0.6 is 0 Å². The molecule has 1 heterocycles. The Morgan fingerprint density at radius 2 is 2.10 bits per heavy atom. The van der Waals surface area contributed by atoms with Gasteiger partial charge in [-0.15, -0.1) is 0 Å². The summed E-state index contributed by atoms with van der Waals surface area (Å²) in [6, 6.07) is 5.99. The van der Waals surface area contributed by atoms with Gasteiger partial charge in [0.1, 0.15) is 5.82 Å². The van der Waals surface area contributed by atoms with E-state index in [2.05, 4.69) is 15.0 Å². The van der Waals surface area contributed by atoms with Crippen molar-refractivity contribution in [1.29, 1.82) is 0 Å². The van der Waals surface area contributed by atoms with Gasteiger partial charge in [0.25, 0.3) is 10.0 Å². The van der Waals surface area contributed by atoms with Crippen molar-refractivity contribution in [3.63, 3.8) is 0 Å². The third-order valence-corrected chi connectivity index (χ3v) is 4.45. The molecule has 0 unspecified atom stereocenters. The van der Waals surface area contributed by atoms with Crippen molar-refractivity contribution in [2.45, 2.75) is 18.4 Å². The van der Waals surface area contributed by atoms with Crippen molar-refractivity contribution in [3.8, 4) is 0 Å². The zero-order valence-electron chi connectivity index (χ0n) is 11.7. The molecule has 0 amide bonds. The lowest BCUT2D eigenvalue weighted by Crippen LogP contribution is -2.16. The van der Waals surface area contributed by atoms with Crippen LogP contribution in [0.25, 0.3) is 0 Å². The molecule has 0 aliphatic heterocycles. The molecule has 5 nitrogen and oxygen atoms in total. The number of anilines is 1. The van der Waals surface area contributed by atoms with Crippen LogP contribution in [0, 0.1) is 12.7 Å². The third kappa shape index (κ3) is 3.56. The minimum Gasteiger partial charge on any atom is -0.316 e. The molecule has 0 saturated carbocycles.